The minimum atomic E-state index is -0.781. The Labute approximate surface area is 91.0 Å². The van der Waals surface area contributed by atoms with E-state index < -0.39 is 12.0 Å². The Balaban J connectivity index is 3.62. The van der Waals surface area contributed by atoms with Gasteiger partial charge in [-0.25, -0.2) is 0 Å². The van der Waals surface area contributed by atoms with Crippen molar-refractivity contribution in [2.45, 2.75) is 19.4 Å². The lowest BCUT2D eigenvalue weighted by molar-refractivity contribution is -0.143. The smallest absolute Gasteiger partial charge is 0.320 e. The lowest BCUT2D eigenvalue weighted by Crippen LogP contribution is -2.39. The maximum atomic E-state index is 10.8. The van der Waals surface area contributed by atoms with Crippen LogP contribution in [0, 0.1) is 0 Å². The van der Waals surface area contributed by atoms with Crippen molar-refractivity contribution in [1.82, 2.24) is 4.90 Å². The summed E-state index contributed by atoms with van der Waals surface area (Å²) in [5, 5.41) is 8.88. The summed E-state index contributed by atoms with van der Waals surface area (Å²) in [5.74, 6) is -0.781. The molecular weight excluding hydrogens is 198 g/mol. The third-order valence-electron chi connectivity index (χ3n) is 2.22. The number of carbonyl (C=O) groups is 1. The Morgan fingerprint density at radius 3 is 2.53 bits per heavy atom. The molecule has 0 rings (SSSR count). The standard InChI is InChI=1S/C10H21NO4/c1-4-9(10(12)13)11(2)5-6-15-8-7-14-3/h9H,4-8H2,1-3H3,(H,12,13). The molecule has 0 aliphatic heterocycles. The van der Waals surface area contributed by atoms with Gasteiger partial charge in [-0.1, -0.05) is 6.92 Å². The molecule has 0 amide bonds. The molecule has 0 aromatic heterocycles. The number of hydrogen-bond donors (Lipinski definition) is 1. The summed E-state index contributed by atoms with van der Waals surface area (Å²) in [5.41, 5.74) is 0. The zero-order valence-corrected chi connectivity index (χ0v) is 9.73. The van der Waals surface area contributed by atoms with Gasteiger partial charge in [-0.2, -0.15) is 0 Å². The first-order chi connectivity index (χ1) is 7.13. The first kappa shape index (κ1) is 14.3. The molecule has 0 aromatic rings. The summed E-state index contributed by atoms with van der Waals surface area (Å²) in [6.45, 7) is 4.13. The zero-order chi connectivity index (χ0) is 11.7. The van der Waals surface area contributed by atoms with Crippen molar-refractivity contribution in [3.05, 3.63) is 0 Å². The van der Waals surface area contributed by atoms with Crippen LogP contribution in [0.3, 0.4) is 0 Å². The number of carboxylic acid groups (broad SMARTS) is 1. The molecule has 5 heteroatoms. The van der Waals surface area contributed by atoms with Gasteiger partial charge in [0.05, 0.1) is 19.8 Å². The van der Waals surface area contributed by atoms with Gasteiger partial charge in [0, 0.05) is 13.7 Å². The highest BCUT2D eigenvalue weighted by Gasteiger charge is 2.19. The highest BCUT2D eigenvalue weighted by atomic mass is 16.5. The van der Waals surface area contributed by atoms with E-state index in [1.165, 1.54) is 0 Å². The molecule has 90 valence electrons. The molecule has 0 radical (unpaired) electrons. The van der Waals surface area contributed by atoms with Gasteiger partial charge in [0.2, 0.25) is 0 Å². The molecule has 1 unspecified atom stereocenters. The topological polar surface area (TPSA) is 59.0 Å². The van der Waals surface area contributed by atoms with E-state index in [1.54, 1.807) is 19.1 Å². The number of likely N-dealkylation sites (N-methyl/N-ethyl adjacent to an activating group) is 1. The van der Waals surface area contributed by atoms with Crippen LogP contribution in [0.1, 0.15) is 13.3 Å². The predicted molar refractivity (Wildman–Crippen MR) is 57.0 cm³/mol. The summed E-state index contributed by atoms with van der Waals surface area (Å²) in [6, 6.07) is -0.420. The van der Waals surface area contributed by atoms with E-state index in [2.05, 4.69) is 0 Å². The van der Waals surface area contributed by atoms with Crippen molar-refractivity contribution >= 4 is 5.97 Å². The number of rotatable bonds is 9. The van der Waals surface area contributed by atoms with E-state index in [0.717, 1.165) is 0 Å². The van der Waals surface area contributed by atoms with Crippen molar-refractivity contribution in [2.75, 3.05) is 40.5 Å². The van der Waals surface area contributed by atoms with E-state index in [1.807, 2.05) is 6.92 Å². The van der Waals surface area contributed by atoms with Crippen LogP contribution in [-0.4, -0.2) is 62.5 Å². The third-order valence-corrected chi connectivity index (χ3v) is 2.22. The summed E-state index contributed by atoms with van der Waals surface area (Å²) < 4.78 is 10.1. The number of nitrogens with zero attached hydrogens (tertiary/aromatic N) is 1. The van der Waals surface area contributed by atoms with Crippen LogP contribution >= 0.6 is 0 Å². The Kier molecular flexibility index (Phi) is 8.27. The van der Waals surface area contributed by atoms with Crippen molar-refractivity contribution in [3.63, 3.8) is 0 Å². The van der Waals surface area contributed by atoms with Gasteiger partial charge in [-0.15, -0.1) is 0 Å². The molecule has 0 fully saturated rings. The number of ether oxygens (including phenoxy) is 2. The minimum Gasteiger partial charge on any atom is -0.480 e. The minimum absolute atomic E-state index is 0.420. The lowest BCUT2D eigenvalue weighted by atomic mass is 10.2. The number of methoxy groups -OCH3 is 1. The molecule has 0 aromatic carbocycles. The fourth-order valence-electron chi connectivity index (χ4n) is 1.28. The van der Waals surface area contributed by atoms with Gasteiger partial charge in [0.25, 0.3) is 0 Å². The fourth-order valence-corrected chi connectivity index (χ4v) is 1.28. The average molecular weight is 219 g/mol. The second kappa shape index (κ2) is 8.64. The van der Waals surface area contributed by atoms with Crippen LogP contribution in [0.2, 0.25) is 0 Å². The summed E-state index contributed by atoms with van der Waals surface area (Å²) >= 11 is 0. The maximum Gasteiger partial charge on any atom is 0.320 e. The highest BCUT2D eigenvalue weighted by Crippen LogP contribution is 2.01. The van der Waals surface area contributed by atoms with Gasteiger partial charge in [-0.05, 0) is 13.5 Å². The van der Waals surface area contributed by atoms with Crippen LogP contribution in [0.5, 0.6) is 0 Å². The molecule has 0 bridgehead atoms. The maximum absolute atomic E-state index is 10.8. The molecule has 1 N–H and O–H groups in total. The van der Waals surface area contributed by atoms with E-state index in [9.17, 15) is 4.79 Å². The SMILES string of the molecule is CCC(C(=O)O)N(C)CCOCCOC. The quantitative estimate of drug-likeness (QED) is 0.570. The fraction of sp³-hybridized carbons (Fsp3) is 0.900. The molecule has 0 saturated carbocycles. The van der Waals surface area contributed by atoms with E-state index >= 15 is 0 Å². The molecule has 1 atom stereocenters. The molecule has 0 spiro atoms. The monoisotopic (exact) mass is 219 g/mol. The molecule has 0 aliphatic carbocycles. The normalized spacial score (nSPS) is 13.1. The largest absolute Gasteiger partial charge is 0.480 e. The van der Waals surface area contributed by atoms with Crippen molar-refractivity contribution in [1.29, 1.82) is 0 Å². The Morgan fingerprint density at radius 2 is 2.07 bits per heavy atom. The molecule has 0 aliphatic rings. The van der Waals surface area contributed by atoms with Crippen molar-refractivity contribution in [2.24, 2.45) is 0 Å². The van der Waals surface area contributed by atoms with Gasteiger partial charge in [-0.3, -0.25) is 9.69 Å². The predicted octanol–water partition coefficient (Wildman–Crippen LogP) is 0.444. The van der Waals surface area contributed by atoms with E-state index in [0.29, 0.717) is 32.8 Å². The van der Waals surface area contributed by atoms with Crippen LogP contribution in [0.4, 0.5) is 0 Å². The second-order valence-corrected chi connectivity index (χ2v) is 3.35. The first-order valence-electron chi connectivity index (χ1n) is 5.13. The second-order valence-electron chi connectivity index (χ2n) is 3.35. The molecule has 15 heavy (non-hydrogen) atoms. The van der Waals surface area contributed by atoms with Gasteiger partial charge < -0.3 is 14.6 Å². The average Bonchev–Trinajstić information content (AvgIpc) is 2.18. The van der Waals surface area contributed by atoms with Crippen LogP contribution in [0.25, 0.3) is 0 Å². The zero-order valence-electron chi connectivity index (χ0n) is 9.73. The summed E-state index contributed by atoms with van der Waals surface area (Å²) in [7, 11) is 3.41. The Hall–Kier alpha value is -0.650. The third kappa shape index (κ3) is 6.43. The molecular formula is C10H21NO4. The lowest BCUT2D eigenvalue weighted by Gasteiger charge is -2.23. The number of carboxylic acids is 1. The first-order valence-corrected chi connectivity index (χ1v) is 5.13. The van der Waals surface area contributed by atoms with Crippen LogP contribution in [0.15, 0.2) is 0 Å². The van der Waals surface area contributed by atoms with Crippen molar-refractivity contribution in [3.8, 4) is 0 Å². The van der Waals surface area contributed by atoms with Gasteiger partial charge >= 0.3 is 5.97 Å². The number of hydrogen-bond acceptors (Lipinski definition) is 4. The Morgan fingerprint density at radius 1 is 1.40 bits per heavy atom. The summed E-state index contributed by atoms with van der Waals surface area (Å²) in [4.78, 5) is 12.6. The van der Waals surface area contributed by atoms with E-state index in [-0.39, 0.29) is 0 Å². The van der Waals surface area contributed by atoms with E-state index in [4.69, 9.17) is 14.6 Å². The Bertz CT molecular complexity index is 175. The molecule has 0 saturated heterocycles. The molecule has 5 nitrogen and oxygen atoms in total. The van der Waals surface area contributed by atoms with Crippen LogP contribution in [-0.2, 0) is 14.3 Å². The highest BCUT2D eigenvalue weighted by molar-refractivity contribution is 5.73. The van der Waals surface area contributed by atoms with Crippen molar-refractivity contribution < 1.29 is 19.4 Å². The van der Waals surface area contributed by atoms with Gasteiger partial charge in [0.15, 0.2) is 0 Å². The van der Waals surface area contributed by atoms with Crippen LogP contribution < -0.4 is 0 Å². The molecule has 0 heterocycles. The summed E-state index contributed by atoms with van der Waals surface area (Å²) in [6.07, 6.45) is 0.601. The number of aliphatic carboxylic acids is 1. The van der Waals surface area contributed by atoms with Gasteiger partial charge in [0.1, 0.15) is 6.04 Å².